The Hall–Kier alpha value is -2.08. The number of methoxy groups -OCH3 is 2. The number of rotatable bonds is 4. The van der Waals surface area contributed by atoms with E-state index in [2.05, 4.69) is 9.72 Å². The molecule has 5 nitrogen and oxygen atoms in total. The maximum Gasteiger partial charge on any atom is 0.349 e. The fourth-order valence-electron chi connectivity index (χ4n) is 1.54. The number of esters is 1. The summed E-state index contributed by atoms with van der Waals surface area (Å²) in [5.74, 6) is 0.400. The highest BCUT2D eigenvalue weighted by atomic mass is 32.1. The van der Waals surface area contributed by atoms with E-state index < -0.39 is 0 Å². The second-order valence-corrected chi connectivity index (χ2v) is 4.77. The Bertz CT molecular complexity index is 583. The predicted octanol–water partition coefficient (Wildman–Crippen LogP) is 2.71. The lowest BCUT2D eigenvalue weighted by Crippen LogP contribution is -2.08. The molecule has 6 heteroatoms. The van der Waals surface area contributed by atoms with E-state index in [1.165, 1.54) is 24.6 Å². The van der Waals surface area contributed by atoms with E-state index in [1.807, 2.05) is 36.2 Å². The van der Waals surface area contributed by atoms with Crippen molar-refractivity contribution in [2.75, 3.05) is 26.2 Å². The van der Waals surface area contributed by atoms with Gasteiger partial charge in [-0.05, 0) is 12.1 Å². The Labute approximate surface area is 115 Å². The molecular weight excluding hydrogens is 264 g/mol. The number of carbonyl (C=O) groups excluding carboxylic acids is 1. The van der Waals surface area contributed by atoms with Crippen molar-refractivity contribution in [3.05, 3.63) is 35.3 Å². The number of nitrogens with zero attached hydrogens (tertiary/aromatic N) is 2. The van der Waals surface area contributed by atoms with Gasteiger partial charge in [0.05, 0.1) is 20.4 Å². The van der Waals surface area contributed by atoms with Gasteiger partial charge >= 0.3 is 5.97 Å². The lowest BCUT2D eigenvalue weighted by molar-refractivity contribution is 0.0606. The smallest absolute Gasteiger partial charge is 0.349 e. The van der Waals surface area contributed by atoms with Gasteiger partial charge in [-0.1, -0.05) is 17.4 Å². The monoisotopic (exact) mass is 278 g/mol. The van der Waals surface area contributed by atoms with Crippen LogP contribution in [-0.4, -0.2) is 32.2 Å². The highest BCUT2D eigenvalue weighted by molar-refractivity contribution is 7.17. The van der Waals surface area contributed by atoms with Gasteiger partial charge in [0.15, 0.2) is 5.13 Å². The summed E-state index contributed by atoms with van der Waals surface area (Å²) in [5.41, 5.74) is 0.935. The molecule has 0 spiro atoms. The average Bonchev–Trinajstić information content (AvgIpc) is 2.95. The quantitative estimate of drug-likeness (QED) is 0.805. The van der Waals surface area contributed by atoms with Crippen LogP contribution in [0.5, 0.6) is 5.75 Å². The van der Waals surface area contributed by atoms with Gasteiger partial charge in [-0.15, -0.1) is 0 Å². The normalized spacial score (nSPS) is 10.1. The SMILES string of the molecule is COC(=O)c1cnc(N(C)c2cccc(OC)c2)s1. The highest BCUT2D eigenvalue weighted by Gasteiger charge is 2.14. The van der Waals surface area contributed by atoms with Crippen LogP contribution in [0.1, 0.15) is 9.67 Å². The first kappa shape index (κ1) is 13.4. The number of ether oxygens (including phenoxy) is 2. The van der Waals surface area contributed by atoms with Crippen molar-refractivity contribution in [2.24, 2.45) is 0 Å². The summed E-state index contributed by atoms with van der Waals surface area (Å²) in [6.07, 6.45) is 1.52. The van der Waals surface area contributed by atoms with Crippen molar-refractivity contribution in [3.63, 3.8) is 0 Å². The molecule has 0 aliphatic rings. The van der Waals surface area contributed by atoms with E-state index in [9.17, 15) is 4.79 Å². The lowest BCUT2D eigenvalue weighted by atomic mass is 10.3. The summed E-state index contributed by atoms with van der Waals surface area (Å²) < 4.78 is 9.85. The molecule has 1 heterocycles. The molecule has 0 saturated heterocycles. The Morgan fingerprint density at radius 1 is 1.37 bits per heavy atom. The molecule has 0 atom stereocenters. The molecule has 0 aliphatic heterocycles. The van der Waals surface area contributed by atoms with Crippen LogP contribution in [0.2, 0.25) is 0 Å². The molecule has 0 unspecified atom stereocenters. The summed E-state index contributed by atoms with van der Waals surface area (Å²) >= 11 is 1.28. The molecular formula is C13H14N2O3S. The van der Waals surface area contributed by atoms with Gasteiger partial charge < -0.3 is 14.4 Å². The molecule has 0 bridgehead atoms. The molecule has 19 heavy (non-hydrogen) atoms. The molecule has 0 N–H and O–H groups in total. The van der Waals surface area contributed by atoms with Crippen LogP contribution in [0.3, 0.4) is 0 Å². The van der Waals surface area contributed by atoms with Gasteiger partial charge in [0, 0.05) is 18.8 Å². The molecule has 0 aliphatic carbocycles. The molecule has 0 radical (unpaired) electrons. The van der Waals surface area contributed by atoms with Gasteiger partial charge in [0.1, 0.15) is 10.6 Å². The van der Waals surface area contributed by atoms with Crippen LogP contribution in [0.4, 0.5) is 10.8 Å². The number of anilines is 2. The minimum absolute atomic E-state index is 0.372. The number of aromatic nitrogens is 1. The first-order valence-electron chi connectivity index (χ1n) is 5.57. The van der Waals surface area contributed by atoms with E-state index in [1.54, 1.807) is 7.11 Å². The third kappa shape index (κ3) is 2.85. The van der Waals surface area contributed by atoms with Crippen LogP contribution >= 0.6 is 11.3 Å². The van der Waals surface area contributed by atoms with Gasteiger partial charge in [0.2, 0.25) is 0 Å². The van der Waals surface area contributed by atoms with E-state index in [-0.39, 0.29) is 5.97 Å². The molecule has 1 aromatic heterocycles. The lowest BCUT2D eigenvalue weighted by Gasteiger charge is -2.16. The zero-order valence-corrected chi connectivity index (χ0v) is 11.7. The largest absolute Gasteiger partial charge is 0.497 e. The molecule has 0 fully saturated rings. The first-order chi connectivity index (χ1) is 9.15. The van der Waals surface area contributed by atoms with Crippen LogP contribution in [0, 0.1) is 0 Å². The summed E-state index contributed by atoms with van der Waals surface area (Å²) in [7, 11) is 4.86. The summed E-state index contributed by atoms with van der Waals surface area (Å²) in [6, 6.07) is 7.62. The first-order valence-corrected chi connectivity index (χ1v) is 6.39. The Balaban J connectivity index is 2.25. The number of thiazole rings is 1. The van der Waals surface area contributed by atoms with Crippen LogP contribution in [0.15, 0.2) is 30.5 Å². The van der Waals surface area contributed by atoms with Crippen molar-refractivity contribution < 1.29 is 14.3 Å². The van der Waals surface area contributed by atoms with E-state index >= 15 is 0 Å². The number of hydrogen-bond acceptors (Lipinski definition) is 6. The number of hydrogen-bond donors (Lipinski definition) is 0. The molecule has 100 valence electrons. The molecule has 0 amide bonds. The predicted molar refractivity (Wildman–Crippen MR) is 74.5 cm³/mol. The summed E-state index contributed by atoms with van der Waals surface area (Å²) in [6.45, 7) is 0. The molecule has 1 aromatic carbocycles. The zero-order chi connectivity index (χ0) is 13.8. The third-order valence-electron chi connectivity index (χ3n) is 2.61. The maximum atomic E-state index is 11.4. The van der Waals surface area contributed by atoms with Crippen molar-refractivity contribution in [3.8, 4) is 5.75 Å². The average molecular weight is 278 g/mol. The second kappa shape index (κ2) is 5.71. The Morgan fingerprint density at radius 3 is 2.84 bits per heavy atom. The molecule has 2 rings (SSSR count). The van der Waals surface area contributed by atoms with Crippen molar-refractivity contribution in [2.45, 2.75) is 0 Å². The van der Waals surface area contributed by atoms with Gasteiger partial charge in [-0.2, -0.15) is 0 Å². The third-order valence-corrected chi connectivity index (χ3v) is 3.66. The van der Waals surface area contributed by atoms with Crippen molar-refractivity contribution >= 4 is 28.1 Å². The van der Waals surface area contributed by atoms with Gasteiger partial charge in [-0.3, -0.25) is 0 Å². The Morgan fingerprint density at radius 2 is 2.16 bits per heavy atom. The van der Waals surface area contributed by atoms with Crippen molar-refractivity contribution in [1.29, 1.82) is 0 Å². The Kier molecular flexibility index (Phi) is 4.01. The summed E-state index contributed by atoms with van der Waals surface area (Å²) in [4.78, 5) is 18.0. The minimum Gasteiger partial charge on any atom is -0.497 e. The fraction of sp³-hybridized carbons (Fsp3) is 0.231. The summed E-state index contributed by atoms with van der Waals surface area (Å²) in [5, 5.41) is 0.716. The van der Waals surface area contributed by atoms with E-state index in [4.69, 9.17) is 4.74 Å². The molecule has 2 aromatic rings. The van der Waals surface area contributed by atoms with Gasteiger partial charge in [0.25, 0.3) is 0 Å². The van der Waals surface area contributed by atoms with Crippen LogP contribution in [-0.2, 0) is 4.74 Å². The minimum atomic E-state index is -0.372. The number of carbonyl (C=O) groups is 1. The second-order valence-electron chi connectivity index (χ2n) is 3.76. The topological polar surface area (TPSA) is 51.7 Å². The van der Waals surface area contributed by atoms with E-state index in [0.717, 1.165) is 11.4 Å². The van der Waals surface area contributed by atoms with Crippen LogP contribution in [0.25, 0.3) is 0 Å². The maximum absolute atomic E-state index is 11.4. The van der Waals surface area contributed by atoms with Crippen LogP contribution < -0.4 is 9.64 Å². The number of benzene rings is 1. The highest BCUT2D eigenvalue weighted by Crippen LogP contribution is 2.30. The van der Waals surface area contributed by atoms with Gasteiger partial charge in [-0.25, -0.2) is 9.78 Å². The fourth-order valence-corrected chi connectivity index (χ4v) is 2.36. The standard InChI is InChI=1S/C13H14N2O3S/c1-15(9-5-4-6-10(7-9)17-2)13-14-8-11(19-13)12(16)18-3/h4-8H,1-3H3. The molecule has 0 saturated carbocycles. The zero-order valence-electron chi connectivity index (χ0n) is 10.9. The van der Waals surface area contributed by atoms with E-state index in [0.29, 0.717) is 10.0 Å². The van der Waals surface area contributed by atoms with Crippen molar-refractivity contribution in [1.82, 2.24) is 4.98 Å².